The minimum atomic E-state index is 0.193. The van der Waals surface area contributed by atoms with Crippen molar-refractivity contribution in [2.45, 2.75) is 71.0 Å². The third-order valence-corrected chi connectivity index (χ3v) is 4.76. The molecule has 0 saturated carbocycles. The second kappa shape index (κ2) is 7.41. The zero-order valence-electron chi connectivity index (χ0n) is 13.3. The molecule has 0 aromatic rings. The topological polar surface area (TPSA) is 44.4 Å². The van der Waals surface area contributed by atoms with Crippen molar-refractivity contribution in [3.05, 3.63) is 0 Å². The van der Waals surface area contributed by atoms with Gasteiger partial charge in [0.05, 0.1) is 6.54 Å². The molecule has 0 aliphatic carbocycles. The van der Waals surface area contributed by atoms with Crippen LogP contribution in [0.3, 0.4) is 0 Å². The molecule has 2 rings (SSSR count). The average molecular weight is 281 g/mol. The van der Waals surface area contributed by atoms with Gasteiger partial charge in [0, 0.05) is 24.7 Å². The van der Waals surface area contributed by atoms with Gasteiger partial charge in [-0.2, -0.15) is 0 Å². The van der Waals surface area contributed by atoms with Gasteiger partial charge in [-0.25, -0.2) is 0 Å². The highest BCUT2D eigenvalue weighted by molar-refractivity contribution is 5.78. The van der Waals surface area contributed by atoms with Gasteiger partial charge in [0.1, 0.15) is 0 Å². The Morgan fingerprint density at radius 1 is 1.30 bits per heavy atom. The molecule has 20 heavy (non-hydrogen) atoms. The number of nitrogens with one attached hydrogen (secondary N) is 2. The monoisotopic (exact) mass is 281 g/mol. The van der Waals surface area contributed by atoms with Crippen LogP contribution in [0.25, 0.3) is 0 Å². The molecular formula is C16H31N3O. The van der Waals surface area contributed by atoms with Crippen LogP contribution in [0.5, 0.6) is 0 Å². The molecule has 0 spiro atoms. The maximum atomic E-state index is 12.0. The van der Waals surface area contributed by atoms with Crippen LogP contribution < -0.4 is 10.6 Å². The number of carbonyl (C=O) groups excluding carboxylic acids is 1. The van der Waals surface area contributed by atoms with Crippen molar-refractivity contribution in [2.75, 3.05) is 19.6 Å². The zero-order valence-corrected chi connectivity index (χ0v) is 13.3. The fourth-order valence-electron chi connectivity index (χ4n) is 3.57. The van der Waals surface area contributed by atoms with Gasteiger partial charge in [-0.3, -0.25) is 9.69 Å². The van der Waals surface area contributed by atoms with Gasteiger partial charge in [0.2, 0.25) is 5.91 Å². The molecule has 2 aliphatic rings. The third kappa shape index (κ3) is 4.45. The molecule has 4 heteroatoms. The number of fused-ring (bicyclic) bond motifs is 2. The molecule has 2 saturated heterocycles. The van der Waals surface area contributed by atoms with Crippen molar-refractivity contribution in [2.24, 2.45) is 5.92 Å². The van der Waals surface area contributed by atoms with Crippen LogP contribution in [0, 0.1) is 5.92 Å². The van der Waals surface area contributed by atoms with Crippen LogP contribution in [-0.2, 0) is 4.79 Å². The molecule has 2 atom stereocenters. The number of nitrogens with zero attached hydrogens (tertiary/aromatic N) is 1. The zero-order chi connectivity index (χ0) is 14.5. The van der Waals surface area contributed by atoms with E-state index in [2.05, 4.69) is 36.3 Å². The quantitative estimate of drug-likeness (QED) is 0.747. The van der Waals surface area contributed by atoms with Gasteiger partial charge in [-0.1, -0.05) is 20.8 Å². The van der Waals surface area contributed by atoms with E-state index < -0.39 is 0 Å². The Hall–Kier alpha value is -0.610. The fourth-order valence-corrected chi connectivity index (χ4v) is 3.57. The van der Waals surface area contributed by atoms with Gasteiger partial charge < -0.3 is 10.6 Å². The van der Waals surface area contributed by atoms with E-state index in [0.29, 0.717) is 30.6 Å². The fraction of sp³-hybridized carbons (Fsp3) is 0.938. The Bertz CT molecular complexity index is 307. The van der Waals surface area contributed by atoms with Crippen LogP contribution in [0.4, 0.5) is 0 Å². The van der Waals surface area contributed by atoms with Crippen LogP contribution >= 0.6 is 0 Å². The average Bonchev–Trinajstić information content (AvgIpc) is 2.74. The van der Waals surface area contributed by atoms with E-state index in [0.717, 1.165) is 19.5 Å². The molecule has 0 aromatic heterocycles. The summed E-state index contributed by atoms with van der Waals surface area (Å²) in [5.74, 6) is 0.844. The summed E-state index contributed by atoms with van der Waals surface area (Å²) >= 11 is 0. The minimum Gasteiger partial charge on any atom is -0.355 e. The number of rotatable bonds is 7. The van der Waals surface area contributed by atoms with Crippen LogP contribution in [-0.4, -0.2) is 48.6 Å². The Labute approximate surface area is 123 Å². The lowest BCUT2D eigenvalue weighted by atomic mass is 9.98. The summed E-state index contributed by atoms with van der Waals surface area (Å²) in [5.41, 5.74) is 0. The standard InChI is InChI=1S/C16H31N3O/c1-4-19(11-16(20)17-8-7-12(2)3)15-9-13-5-6-14(10-15)18-13/h12-15,18H,4-11H2,1-3H3,(H,17,20). The van der Waals surface area contributed by atoms with E-state index >= 15 is 0 Å². The molecule has 4 nitrogen and oxygen atoms in total. The van der Waals surface area contributed by atoms with E-state index in [-0.39, 0.29) is 5.91 Å². The van der Waals surface area contributed by atoms with E-state index in [1.54, 1.807) is 0 Å². The Morgan fingerprint density at radius 2 is 1.95 bits per heavy atom. The van der Waals surface area contributed by atoms with Gasteiger partial charge >= 0.3 is 0 Å². The van der Waals surface area contributed by atoms with E-state index in [1.165, 1.54) is 25.7 Å². The summed E-state index contributed by atoms with van der Waals surface area (Å²) in [5, 5.41) is 6.73. The molecular weight excluding hydrogens is 250 g/mol. The van der Waals surface area contributed by atoms with Crippen molar-refractivity contribution in [3.8, 4) is 0 Å². The van der Waals surface area contributed by atoms with Crippen molar-refractivity contribution in [3.63, 3.8) is 0 Å². The molecule has 0 radical (unpaired) electrons. The third-order valence-electron chi connectivity index (χ3n) is 4.76. The molecule has 2 bridgehead atoms. The second-order valence-corrected chi connectivity index (χ2v) is 6.86. The second-order valence-electron chi connectivity index (χ2n) is 6.86. The Balaban J connectivity index is 1.75. The first kappa shape index (κ1) is 15.8. The molecule has 2 fully saturated rings. The maximum absolute atomic E-state index is 12.0. The highest BCUT2D eigenvalue weighted by atomic mass is 16.2. The van der Waals surface area contributed by atoms with Crippen molar-refractivity contribution in [1.29, 1.82) is 0 Å². The maximum Gasteiger partial charge on any atom is 0.234 e. The van der Waals surface area contributed by atoms with Crippen molar-refractivity contribution < 1.29 is 4.79 Å². The summed E-state index contributed by atoms with van der Waals surface area (Å²) in [6.45, 7) is 8.90. The van der Waals surface area contributed by atoms with E-state index in [4.69, 9.17) is 0 Å². The molecule has 0 aromatic carbocycles. The predicted octanol–water partition coefficient (Wildman–Crippen LogP) is 1.75. The summed E-state index contributed by atoms with van der Waals surface area (Å²) < 4.78 is 0. The first-order valence-corrected chi connectivity index (χ1v) is 8.35. The lowest BCUT2D eigenvalue weighted by Crippen LogP contribution is -2.50. The smallest absolute Gasteiger partial charge is 0.234 e. The normalized spacial score (nSPS) is 29.1. The molecule has 2 N–H and O–H groups in total. The lowest BCUT2D eigenvalue weighted by Gasteiger charge is -2.36. The largest absolute Gasteiger partial charge is 0.355 e. The Morgan fingerprint density at radius 3 is 2.50 bits per heavy atom. The molecule has 1 amide bonds. The Kier molecular flexibility index (Phi) is 5.85. The highest BCUT2D eigenvalue weighted by Gasteiger charge is 2.35. The van der Waals surface area contributed by atoms with Crippen molar-refractivity contribution >= 4 is 5.91 Å². The molecule has 2 heterocycles. The minimum absolute atomic E-state index is 0.193. The van der Waals surface area contributed by atoms with Crippen molar-refractivity contribution in [1.82, 2.24) is 15.5 Å². The van der Waals surface area contributed by atoms with Gasteiger partial charge in [0.25, 0.3) is 0 Å². The highest BCUT2D eigenvalue weighted by Crippen LogP contribution is 2.29. The predicted molar refractivity (Wildman–Crippen MR) is 82.7 cm³/mol. The number of piperidine rings is 1. The summed E-state index contributed by atoms with van der Waals surface area (Å²) in [7, 11) is 0. The summed E-state index contributed by atoms with van der Waals surface area (Å²) in [6, 6.07) is 1.98. The van der Waals surface area contributed by atoms with Gasteiger partial charge in [-0.15, -0.1) is 0 Å². The number of amides is 1. The van der Waals surface area contributed by atoms with E-state index in [9.17, 15) is 4.79 Å². The van der Waals surface area contributed by atoms with Crippen LogP contribution in [0.15, 0.2) is 0 Å². The first-order chi connectivity index (χ1) is 9.58. The van der Waals surface area contributed by atoms with E-state index in [1.807, 2.05) is 0 Å². The number of hydrogen-bond acceptors (Lipinski definition) is 3. The van der Waals surface area contributed by atoms with Gasteiger partial charge in [-0.05, 0) is 44.6 Å². The number of hydrogen-bond donors (Lipinski definition) is 2. The summed E-state index contributed by atoms with van der Waals surface area (Å²) in [6.07, 6.45) is 6.13. The molecule has 2 unspecified atom stereocenters. The number of likely N-dealkylation sites (N-methyl/N-ethyl adjacent to an activating group) is 1. The lowest BCUT2D eigenvalue weighted by molar-refractivity contribution is -0.123. The number of carbonyl (C=O) groups is 1. The first-order valence-electron chi connectivity index (χ1n) is 8.35. The molecule has 2 aliphatic heterocycles. The summed E-state index contributed by atoms with van der Waals surface area (Å²) in [4.78, 5) is 14.4. The van der Waals surface area contributed by atoms with Crippen LogP contribution in [0.2, 0.25) is 0 Å². The van der Waals surface area contributed by atoms with Gasteiger partial charge in [0.15, 0.2) is 0 Å². The molecule has 116 valence electrons. The van der Waals surface area contributed by atoms with Crippen LogP contribution in [0.1, 0.15) is 52.9 Å². The SMILES string of the molecule is CCN(CC(=O)NCCC(C)C)C1CC2CCC(C1)N2.